The van der Waals surface area contributed by atoms with Crippen LogP contribution >= 0.6 is 23.2 Å². The lowest BCUT2D eigenvalue weighted by molar-refractivity contribution is -0.119. The van der Waals surface area contributed by atoms with Crippen molar-refractivity contribution in [3.05, 3.63) is 58.1 Å². The van der Waals surface area contributed by atoms with E-state index in [1.165, 1.54) is 6.07 Å². The van der Waals surface area contributed by atoms with Gasteiger partial charge in [-0.2, -0.15) is 0 Å². The van der Waals surface area contributed by atoms with E-state index in [2.05, 4.69) is 5.32 Å². The fraction of sp³-hybridized carbons (Fsp3) is 0.278. The molecule has 0 aliphatic carbocycles. The SMILES string of the molecule is Cc1ccc(N(CC(=O)NCCOc2ccc(Cl)cc2)S(C)(=O)=O)cc1Cl. The lowest BCUT2D eigenvalue weighted by Crippen LogP contribution is -2.41. The van der Waals surface area contributed by atoms with Gasteiger partial charge in [-0.3, -0.25) is 9.10 Å². The maximum absolute atomic E-state index is 12.2. The van der Waals surface area contributed by atoms with Crippen molar-refractivity contribution in [3.63, 3.8) is 0 Å². The monoisotopic (exact) mass is 430 g/mol. The highest BCUT2D eigenvalue weighted by Gasteiger charge is 2.21. The van der Waals surface area contributed by atoms with Crippen LogP contribution in [0.2, 0.25) is 10.0 Å². The Labute approximate surface area is 169 Å². The molecule has 0 radical (unpaired) electrons. The minimum absolute atomic E-state index is 0.230. The van der Waals surface area contributed by atoms with E-state index in [9.17, 15) is 13.2 Å². The lowest BCUT2D eigenvalue weighted by atomic mass is 10.2. The second-order valence-corrected chi connectivity index (χ2v) is 8.61. The van der Waals surface area contributed by atoms with Gasteiger partial charge in [-0.25, -0.2) is 8.42 Å². The minimum Gasteiger partial charge on any atom is -0.492 e. The van der Waals surface area contributed by atoms with Crippen LogP contribution in [0.15, 0.2) is 42.5 Å². The molecular formula is C18H20Cl2N2O4S. The molecule has 0 spiro atoms. The zero-order valence-corrected chi connectivity index (χ0v) is 17.2. The number of rotatable bonds is 8. The van der Waals surface area contributed by atoms with Gasteiger partial charge in [-0.15, -0.1) is 0 Å². The highest BCUT2D eigenvalue weighted by molar-refractivity contribution is 7.92. The molecule has 0 saturated heterocycles. The first-order valence-electron chi connectivity index (χ1n) is 8.06. The standard InChI is InChI=1S/C18H20Cl2N2O4S/c1-13-3-6-15(11-17(13)20)22(27(2,24)25)12-18(23)21-9-10-26-16-7-4-14(19)5-8-16/h3-8,11H,9-10,12H2,1-2H3,(H,21,23). The summed E-state index contributed by atoms with van der Waals surface area (Å²) in [7, 11) is -3.65. The number of aryl methyl sites for hydroxylation is 1. The Balaban J connectivity index is 1.92. The Kier molecular flexibility index (Phi) is 7.35. The predicted molar refractivity (Wildman–Crippen MR) is 108 cm³/mol. The van der Waals surface area contributed by atoms with Crippen molar-refractivity contribution in [2.75, 3.05) is 30.3 Å². The quantitative estimate of drug-likeness (QED) is 0.651. The molecule has 0 heterocycles. The third kappa shape index (κ3) is 6.61. The smallest absolute Gasteiger partial charge is 0.240 e. The van der Waals surface area contributed by atoms with Crippen LogP contribution in [0, 0.1) is 6.92 Å². The summed E-state index contributed by atoms with van der Waals surface area (Å²) in [5, 5.41) is 3.67. The molecular weight excluding hydrogens is 411 g/mol. The molecule has 0 saturated carbocycles. The molecule has 0 bridgehead atoms. The second-order valence-electron chi connectivity index (χ2n) is 5.86. The van der Waals surface area contributed by atoms with E-state index < -0.39 is 15.9 Å². The first-order chi connectivity index (χ1) is 12.7. The number of nitrogens with zero attached hydrogens (tertiary/aromatic N) is 1. The molecule has 0 fully saturated rings. The fourth-order valence-corrected chi connectivity index (χ4v) is 3.36. The summed E-state index contributed by atoms with van der Waals surface area (Å²) in [5.74, 6) is 0.178. The molecule has 6 nitrogen and oxygen atoms in total. The first-order valence-corrected chi connectivity index (χ1v) is 10.7. The molecule has 146 valence electrons. The summed E-state index contributed by atoms with van der Waals surface area (Å²) >= 11 is 11.9. The van der Waals surface area contributed by atoms with Crippen molar-refractivity contribution in [1.29, 1.82) is 0 Å². The van der Waals surface area contributed by atoms with E-state index in [1.54, 1.807) is 36.4 Å². The van der Waals surface area contributed by atoms with E-state index in [-0.39, 0.29) is 19.7 Å². The maximum Gasteiger partial charge on any atom is 0.240 e. The number of carbonyl (C=O) groups is 1. The Bertz CT molecular complexity index is 902. The predicted octanol–water partition coefficient (Wildman–Crippen LogP) is 3.26. The number of carbonyl (C=O) groups excluding carboxylic acids is 1. The molecule has 1 amide bonds. The van der Waals surface area contributed by atoms with Gasteiger partial charge in [0.1, 0.15) is 18.9 Å². The number of ether oxygens (including phenoxy) is 1. The van der Waals surface area contributed by atoms with E-state index in [4.69, 9.17) is 27.9 Å². The van der Waals surface area contributed by atoms with E-state index >= 15 is 0 Å². The normalized spacial score (nSPS) is 11.1. The summed E-state index contributed by atoms with van der Waals surface area (Å²) in [6.07, 6.45) is 1.04. The van der Waals surface area contributed by atoms with Gasteiger partial charge in [0.15, 0.2) is 0 Å². The molecule has 2 aromatic carbocycles. The molecule has 0 aromatic heterocycles. The second kappa shape index (κ2) is 9.30. The van der Waals surface area contributed by atoms with Crippen LogP contribution in [-0.2, 0) is 14.8 Å². The number of amides is 1. The summed E-state index contributed by atoms with van der Waals surface area (Å²) in [6, 6.07) is 11.7. The summed E-state index contributed by atoms with van der Waals surface area (Å²) in [5.41, 5.74) is 1.15. The van der Waals surface area contributed by atoms with Crippen molar-refractivity contribution in [1.82, 2.24) is 5.32 Å². The van der Waals surface area contributed by atoms with E-state index in [1.807, 2.05) is 6.92 Å². The molecule has 2 rings (SSSR count). The van der Waals surface area contributed by atoms with Crippen molar-refractivity contribution in [2.45, 2.75) is 6.92 Å². The van der Waals surface area contributed by atoms with Crippen LogP contribution in [0.3, 0.4) is 0 Å². The Morgan fingerprint density at radius 2 is 1.81 bits per heavy atom. The van der Waals surface area contributed by atoms with Crippen LogP contribution in [-0.4, -0.2) is 40.3 Å². The average Bonchev–Trinajstić information content (AvgIpc) is 2.60. The number of anilines is 1. The first kappa shape index (κ1) is 21.3. The van der Waals surface area contributed by atoms with Crippen LogP contribution in [0.5, 0.6) is 5.75 Å². The van der Waals surface area contributed by atoms with Gasteiger partial charge < -0.3 is 10.1 Å². The van der Waals surface area contributed by atoms with Gasteiger partial charge in [0.25, 0.3) is 0 Å². The highest BCUT2D eigenvalue weighted by atomic mass is 35.5. The Morgan fingerprint density at radius 1 is 1.15 bits per heavy atom. The van der Waals surface area contributed by atoms with Crippen LogP contribution in [0.25, 0.3) is 0 Å². The minimum atomic E-state index is -3.65. The van der Waals surface area contributed by atoms with Crippen molar-refractivity contribution in [2.24, 2.45) is 0 Å². The molecule has 1 N–H and O–H groups in total. The van der Waals surface area contributed by atoms with E-state index in [0.717, 1.165) is 16.1 Å². The number of halogens is 2. The van der Waals surface area contributed by atoms with Crippen molar-refractivity contribution in [3.8, 4) is 5.75 Å². The fourth-order valence-electron chi connectivity index (χ4n) is 2.21. The number of benzene rings is 2. The topological polar surface area (TPSA) is 75.7 Å². The highest BCUT2D eigenvalue weighted by Crippen LogP contribution is 2.24. The van der Waals surface area contributed by atoms with Gasteiger partial charge >= 0.3 is 0 Å². The summed E-state index contributed by atoms with van der Waals surface area (Å²) in [6.45, 7) is 1.93. The van der Waals surface area contributed by atoms with Crippen LogP contribution in [0.1, 0.15) is 5.56 Å². The van der Waals surface area contributed by atoms with Gasteiger partial charge in [0.2, 0.25) is 15.9 Å². The zero-order chi connectivity index (χ0) is 20.0. The van der Waals surface area contributed by atoms with Gasteiger partial charge in [0, 0.05) is 10.0 Å². The third-order valence-electron chi connectivity index (χ3n) is 3.64. The van der Waals surface area contributed by atoms with Crippen molar-refractivity contribution >= 4 is 44.8 Å². The molecule has 0 atom stereocenters. The summed E-state index contributed by atoms with van der Waals surface area (Å²) < 4.78 is 30.6. The van der Waals surface area contributed by atoms with Crippen LogP contribution < -0.4 is 14.4 Å². The largest absolute Gasteiger partial charge is 0.492 e. The van der Waals surface area contributed by atoms with Gasteiger partial charge in [-0.05, 0) is 48.9 Å². The average molecular weight is 431 g/mol. The molecule has 0 aliphatic heterocycles. The number of hydrogen-bond donors (Lipinski definition) is 1. The van der Waals surface area contributed by atoms with Crippen molar-refractivity contribution < 1.29 is 17.9 Å². The third-order valence-corrected chi connectivity index (χ3v) is 5.44. The van der Waals surface area contributed by atoms with Crippen LogP contribution in [0.4, 0.5) is 5.69 Å². The molecule has 2 aromatic rings. The molecule has 0 aliphatic rings. The molecule has 0 unspecified atom stereocenters. The van der Waals surface area contributed by atoms with Gasteiger partial charge in [0.05, 0.1) is 18.5 Å². The number of hydrogen-bond acceptors (Lipinski definition) is 4. The zero-order valence-electron chi connectivity index (χ0n) is 14.9. The Hall–Kier alpha value is -1.96. The maximum atomic E-state index is 12.2. The number of sulfonamides is 1. The summed E-state index contributed by atoms with van der Waals surface area (Å²) in [4.78, 5) is 12.2. The molecule has 9 heteroatoms. The number of nitrogens with one attached hydrogen (secondary N) is 1. The molecule has 27 heavy (non-hydrogen) atoms. The Morgan fingerprint density at radius 3 is 2.41 bits per heavy atom. The van der Waals surface area contributed by atoms with Gasteiger partial charge in [-0.1, -0.05) is 29.3 Å². The van der Waals surface area contributed by atoms with E-state index in [0.29, 0.717) is 21.5 Å². The lowest BCUT2D eigenvalue weighted by Gasteiger charge is -2.22.